The van der Waals surface area contributed by atoms with Gasteiger partial charge in [-0.05, 0) is 54.1 Å². The number of nitrogens with one attached hydrogen (secondary N) is 2. The van der Waals surface area contributed by atoms with E-state index >= 15 is 0 Å². The van der Waals surface area contributed by atoms with Gasteiger partial charge in [-0.1, -0.05) is 11.6 Å². The van der Waals surface area contributed by atoms with Crippen LogP contribution in [-0.2, 0) is 16.2 Å². The highest BCUT2D eigenvalue weighted by atomic mass is 35.5. The molecule has 0 saturated carbocycles. The molecule has 1 aliphatic rings. The number of alkyl halides is 5. The Balaban J connectivity index is 1.67. The van der Waals surface area contributed by atoms with Crippen molar-refractivity contribution in [1.29, 1.82) is 0 Å². The van der Waals surface area contributed by atoms with Gasteiger partial charge in [0.2, 0.25) is 0 Å². The summed E-state index contributed by atoms with van der Waals surface area (Å²) in [4.78, 5) is 26.2. The number of carbonyl (C=O) groups excluding carboxylic acids is 2. The molecule has 8 nitrogen and oxygen atoms in total. The summed E-state index contributed by atoms with van der Waals surface area (Å²) < 4.78 is 118. The van der Waals surface area contributed by atoms with Crippen LogP contribution in [0.2, 0.25) is 5.02 Å². The molecule has 1 atom stereocenters. The molecule has 0 aliphatic carbocycles. The van der Waals surface area contributed by atoms with Gasteiger partial charge in [-0.25, -0.2) is 8.78 Å². The average molecular weight is 647 g/mol. The lowest BCUT2D eigenvalue weighted by Crippen LogP contribution is -2.21. The molecule has 1 aromatic heterocycles. The number of nitrogens with zero attached hydrogens (tertiary/aromatic N) is 2. The van der Waals surface area contributed by atoms with Crippen molar-refractivity contribution in [3.63, 3.8) is 0 Å². The van der Waals surface area contributed by atoms with E-state index in [9.17, 15) is 48.7 Å². The molecular formula is C26H14ClF7N4O4S. The van der Waals surface area contributed by atoms with Crippen molar-refractivity contribution in [3.8, 4) is 11.1 Å². The fraction of sp³-hybridized carbons (Fsp3) is 0.115. The summed E-state index contributed by atoms with van der Waals surface area (Å²) in [5, 5.41) is 8.28. The molecule has 43 heavy (non-hydrogen) atoms. The highest BCUT2D eigenvalue weighted by Gasteiger charge is 2.36. The van der Waals surface area contributed by atoms with Crippen LogP contribution in [0.5, 0.6) is 0 Å². The second-order valence-corrected chi connectivity index (χ2v) is 11.3. The summed E-state index contributed by atoms with van der Waals surface area (Å²) in [7, 11) is -5.18. The smallest absolute Gasteiger partial charge is 0.341 e. The van der Waals surface area contributed by atoms with E-state index in [1.807, 2.05) is 0 Å². The molecule has 0 fully saturated rings. The molecule has 0 bridgehead atoms. The van der Waals surface area contributed by atoms with E-state index in [0.29, 0.717) is 18.3 Å². The number of anilines is 1. The second kappa shape index (κ2) is 10.7. The van der Waals surface area contributed by atoms with Crippen LogP contribution >= 0.6 is 11.6 Å². The molecule has 5 rings (SSSR count). The van der Waals surface area contributed by atoms with Crippen LogP contribution in [0.4, 0.5) is 36.4 Å². The number of halogens is 8. The van der Waals surface area contributed by atoms with Crippen molar-refractivity contribution in [1.82, 2.24) is 14.5 Å². The zero-order chi connectivity index (χ0) is 31.4. The fourth-order valence-electron chi connectivity index (χ4n) is 4.43. The van der Waals surface area contributed by atoms with E-state index in [-0.39, 0.29) is 48.7 Å². The first-order chi connectivity index (χ1) is 20.1. The van der Waals surface area contributed by atoms with Crippen molar-refractivity contribution in [2.45, 2.75) is 18.0 Å². The number of hydrogen-bond donors (Lipinski definition) is 2. The molecular weight excluding hydrogens is 633 g/mol. The predicted octanol–water partition coefficient (Wildman–Crippen LogP) is 5.99. The highest BCUT2D eigenvalue weighted by molar-refractivity contribution is 7.90. The number of benzene rings is 3. The minimum atomic E-state index is -5.18. The molecule has 17 heteroatoms. The van der Waals surface area contributed by atoms with E-state index in [1.165, 1.54) is 12.1 Å². The average Bonchev–Trinajstić information content (AvgIpc) is 3.55. The van der Waals surface area contributed by atoms with Crippen molar-refractivity contribution in [2.75, 3.05) is 5.32 Å². The molecule has 2 N–H and O–H groups in total. The predicted molar refractivity (Wildman–Crippen MR) is 138 cm³/mol. The Labute approximate surface area is 242 Å². The number of rotatable bonds is 6. The van der Waals surface area contributed by atoms with Gasteiger partial charge in [-0.2, -0.15) is 39.6 Å². The quantitative estimate of drug-likeness (QED) is 0.250. The number of amides is 2. The number of aromatic nitrogens is 2. The van der Waals surface area contributed by atoms with Crippen molar-refractivity contribution >= 4 is 39.1 Å². The molecule has 1 unspecified atom stereocenters. The maximum atomic E-state index is 14.1. The van der Waals surface area contributed by atoms with E-state index < -0.39 is 62.6 Å². The molecule has 0 radical (unpaired) electrons. The lowest BCUT2D eigenvalue weighted by atomic mass is 9.93. The van der Waals surface area contributed by atoms with Crippen LogP contribution in [0.15, 0.2) is 60.9 Å². The minimum Gasteiger partial charge on any atom is -0.341 e. The standard InChI is InChI=1S/C26H14ClF7N4O4S/c27-19-2-1-15(28)8-17(19)22-21-18(24(40)37-22)5-11(13-9-35-38(10-13)43(41,42)25(30)31)6-20(21)36-23(39)12-3-14(26(32,33)34)7-16(29)4-12/h1-10,22,25H,(H,36,39)(H,37,40). The Morgan fingerprint density at radius 2 is 1.74 bits per heavy atom. The Kier molecular flexibility index (Phi) is 7.46. The van der Waals surface area contributed by atoms with Crippen LogP contribution in [-0.4, -0.2) is 35.2 Å². The summed E-state index contributed by atoms with van der Waals surface area (Å²) in [6.07, 6.45) is -3.40. The van der Waals surface area contributed by atoms with E-state index in [2.05, 4.69) is 15.7 Å². The summed E-state index contributed by atoms with van der Waals surface area (Å²) in [6, 6.07) is 5.52. The Morgan fingerprint density at radius 1 is 1.02 bits per heavy atom. The third-order valence-corrected chi connectivity index (χ3v) is 7.89. The van der Waals surface area contributed by atoms with Gasteiger partial charge in [0.25, 0.3) is 11.8 Å². The maximum Gasteiger partial charge on any atom is 0.416 e. The Hall–Kier alpha value is -4.44. The Morgan fingerprint density at radius 3 is 2.42 bits per heavy atom. The van der Waals surface area contributed by atoms with Crippen LogP contribution < -0.4 is 10.6 Å². The largest absolute Gasteiger partial charge is 0.416 e. The summed E-state index contributed by atoms with van der Waals surface area (Å²) >= 11 is 6.24. The van der Waals surface area contributed by atoms with Crippen molar-refractivity contribution in [3.05, 3.63) is 105 Å². The molecule has 3 aromatic carbocycles. The fourth-order valence-corrected chi connectivity index (χ4v) is 5.25. The van der Waals surface area contributed by atoms with Gasteiger partial charge < -0.3 is 10.6 Å². The topological polar surface area (TPSA) is 110 Å². The van der Waals surface area contributed by atoms with E-state index in [4.69, 9.17) is 11.6 Å². The number of fused-ring (bicyclic) bond motifs is 1. The summed E-state index contributed by atoms with van der Waals surface area (Å²) in [5.74, 6) is -7.95. The lowest BCUT2D eigenvalue weighted by Gasteiger charge is -2.19. The summed E-state index contributed by atoms with van der Waals surface area (Å²) in [5.41, 5.74) is -2.77. The van der Waals surface area contributed by atoms with Gasteiger partial charge in [0.1, 0.15) is 11.6 Å². The minimum absolute atomic E-state index is 0.000616. The van der Waals surface area contributed by atoms with Crippen LogP contribution in [0.3, 0.4) is 0 Å². The van der Waals surface area contributed by atoms with Gasteiger partial charge in [-0.3, -0.25) is 9.59 Å². The monoisotopic (exact) mass is 646 g/mol. The van der Waals surface area contributed by atoms with Gasteiger partial charge >= 0.3 is 22.0 Å². The highest BCUT2D eigenvalue weighted by Crippen LogP contribution is 2.42. The zero-order valence-corrected chi connectivity index (χ0v) is 22.5. The molecule has 2 amide bonds. The number of hydrogen-bond acceptors (Lipinski definition) is 5. The van der Waals surface area contributed by atoms with Crippen LogP contribution in [0.1, 0.15) is 43.4 Å². The van der Waals surface area contributed by atoms with Crippen LogP contribution in [0.25, 0.3) is 11.1 Å². The number of carbonyl (C=O) groups is 2. The van der Waals surface area contributed by atoms with Gasteiger partial charge in [-0.15, -0.1) is 0 Å². The molecule has 0 spiro atoms. The van der Waals surface area contributed by atoms with Crippen LogP contribution in [0, 0.1) is 11.6 Å². The molecule has 1 aliphatic heterocycles. The summed E-state index contributed by atoms with van der Waals surface area (Å²) in [6.45, 7) is 0. The maximum absolute atomic E-state index is 14.1. The lowest BCUT2D eigenvalue weighted by molar-refractivity contribution is -0.137. The molecule has 2 heterocycles. The normalized spacial score (nSPS) is 15.0. The Bertz CT molecular complexity index is 1910. The third kappa shape index (κ3) is 5.67. The second-order valence-electron chi connectivity index (χ2n) is 9.14. The zero-order valence-electron chi connectivity index (χ0n) is 20.9. The first kappa shape index (κ1) is 30.0. The molecule has 224 valence electrons. The first-order valence-corrected chi connectivity index (χ1v) is 13.6. The van der Waals surface area contributed by atoms with E-state index in [1.54, 1.807) is 0 Å². The molecule has 0 saturated heterocycles. The van der Waals surface area contributed by atoms with Gasteiger partial charge in [0, 0.05) is 38.5 Å². The first-order valence-electron chi connectivity index (χ1n) is 11.8. The molecule has 4 aromatic rings. The SMILES string of the molecule is O=C(Nc1cc(-c2cnn(S(=O)(=O)C(F)F)c2)cc2c1C(c1cc(F)ccc1Cl)NC2=O)c1cc(F)cc(C(F)(F)F)c1. The third-order valence-electron chi connectivity index (χ3n) is 6.37. The van der Waals surface area contributed by atoms with Gasteiger partial charge in [0.05, 0.1) is 24.0 Å². The van der Waals surface area contributed by atoms with Gasteiger partial charge in [0.15, 0.2) is 0 Å². The van der Waals surface area contributed by atoms with Crippen molar-refractivity contribution < 1.29 is 48.7 Å². The van der Waals surface area contributed by atoms with Crippen molar-refractivity contribution in [2.24, 2.45) is 0 Å². The van der Waals surface area contributed by atoms with E-state index in [0.717, 1.165) is 24.4 Å².